The number of carbonyl (C=O) groups is 1. The molecule has 1 fully saturated rings. The lowest BCUT2D eigenvalue weighted by Gasteiger charge is -2.42. The van der Waals surface area contributed by atoms with Crippen LogP contribution in [0.4, 0.5) is 0 Å². The minimum atomic E-state index is -1.36. The molecule has 2 rings (SSSR count). The van der Waals surface area contributed by atoms with E-state index in [1.807, 2.05) is 0 Å². The van der Waals surface area contributed by atoms with Crippen molar-refractivity contribution in [3.05, 3.63) is 12.2 Å². The molecular formula is C22H35NO3. The molecule has 0 aliphatic heterocycles. The van der Waals surface area contributed by atoms with Crippen molar-refractivity contribution >= 4 is 5.97 Å². The molecule has 26 heavy (non-hydrogen) atoms. The first-order valence-electron chi connectivity index (χ1n) is 10.4. The van der Waals surface area contributed by atoms with Crippen LogP contribution in [0.1, 0.15) is 65.2 Å². The lowest BCUT2D eigenvalue weighted by atomic mass is 9.67. The third-order valence-corrected chi connectivity index (χ3v) is 6.04. The SMILES string of the molecule is CCN(CC)CC#CCOC(=O)[C@](O)(C1CC=CCC1)C1CCCCC1. The fourth-order valence-electron chi connectivity index (χ4n) is 4.29. The third kappa shape index (κ3) is 5.34. The van der Waals surface area contributed by atoms with Crippen LogP contribution in [-0.2, 0) is 9.53 Å². The quantitative estimate of drug-likeness (QED) is 0.428. The fourth-order valence-corrected chi connectivity index (χ4v) is 4.29. The van der Waals surface area contributed by atoms with Crippen molar-refractivity contribution in [2.45, 2.75) is 70.8 Å². The average Bonchev–Trinajstić information content (AvgIpc) is 2.71. The molecule has 1 saturated carbocycles. The van der Waals surface area contributed by atoms with Crippen molar-refractivity contribution in [2.24, 2.45) is 11.8 Å². The van der Waals surface area contributed by atoms with Crippen LogP contribution < -0.4 is 0 Å². The number of ether oxygens (including phenoxy) is 1. The summed E-state index contributed by atoms with van der Waals surface area (Å²) in [6.45, 7) is 6.88. The molecule has 1 N–H and O–H groups in total. The molecule has 0 spiro atoms. The molecule has 4 nitrogen and oxygen atoms in total. The van der Waals surface area contributed by atoms with Crippen molar-refractivity contribution in [1.29, 1.82) is 0 Å². The maximum atomic E-state index is 12.9. The Morgan fingerprint density at radius 2 is 1.85 bits per heavy atom. The van der Waals surface area contributed by atoms with Crippen LogP contribution in [0.5, 0.6) is 0 Å². The second-order valence-electron chi connectivity index (χ2n) is 7.53. The Morgan fingerprint density at radius 3 is 2.46 bits per heavy atom. The second-order valence-corrected chi connectivity index (χ2v) is 7.53. The van der Waals surface area contributed by atoms with Gasteiger partial charge in [0.15, 0.2) is 12.2 Å². The summed E-state index contributed by atoms with van der Waals surface area (Å²) in [5.74, 6) is 5.52. The van der Waals surface area contributed by atoms with E-state index in [0.29, 0.717) is 6.54 Å². The van der Waals surface area contributed by atoms with Gasteiger partial charge in [-0.05, 0) is 51.1 Å². The van der Waals surface area contributed by atoms with E-state index in [9.17, 15) is 9.90 Å². The van der Waals surface area contributed by atoms with Crippen molar-refractivity contribution in [3.8, 4) is 11.8 Å². The van der Waals surface area contributed by atoms with Gasteiger partial charge in [0.2, 0.25) is 0 Å². The molecule has 0 saturated heterocycles. The van der Waals surface area contributed by atoms with Crippen LogP contribution in [-0.4, -0.2) is 47.8 Å². The zero-order valence-electron chi connectivity index (χ0n) is 16.5. The van der Waals surface area contributed by atoms with Gasteiger partial charge in [0.05, 0.1) is 6.54 Å². The summed E-state index contributed by atoms with van der Waals surface area (Å²) in [6.07, 6.45) is 12.0. The highest BCUT2D eigenvalue weighted by Crippen LogP contribution is 2.42. The zero-order valence-corrected chi connectivity index (χ0v) is 16.5. The molecule has 4 heteroatoms. The van der Waals surface area contributed by atoms with Crippen LogP contribution in [0.15, 0.2) is 12.2 Å². The maximum Gasteiger partial charge on any atom is 0.339 e. The molecule has 2 aliphatic carbocycles. The molecule has 2 aliphatic rings. The number of carbonyl (C=O) groups excluding carboxylic acids is 1. The van der Waals surface area contributed by atoms with Gasteiger partial charge in [-0.25, -0.2) is 4.79 Å². The monoisotopic (exact) mass is 361 g/mol. The molecule has 1 unspecified atom stereocenters. The Balaban J connectivity index is 1.99. The first-order valence-corrected chi connectivity index (χ1v) is 10.4. The van der Waals surface area contributed by atoms with Crippen molar-refractivity contribution in [3.63, 3.8) is 0 Å². The Bertz CT molecular complexity index is 523. The standard InChI is InChI=1S/C22H35NO3/c1-3-23(4-2)17-11-12-18-26-21(24)22(25,19-13-7-5-8-14-19)20-15-9-6-10-16-20/h5,7,19-20,25H,3-4,6,8-10,13-18H2,1-2H3/t19?,22-/m0/s1. The molecule has 0 bridgehead atoms. The lowest BCUT2D eigenvalue weighted by molar-refractivity contribution is -0.181. The van der Waals surface area contributed by atoms with E-state index in [1.165, 1.54) is 6.42 Å². The van der Waals surface area contributed by atoms with E-state index < -0.39 is 11.6 Å². The normalized spacial score (nSPS) is 23.2. The number of aliphatic hydroxyl groups is 1. The first-order chi connectivity index (χ1) is 12.6. The molecule has 2 atom stereocenters. The summed E-state index contributed by atoms with van der Waals surface area (Å²) >= 11 is 0. The van der Waals surface area contributed by atoms with Gasteiger partial charge >= 0.3 is 5.97 Å². The van der Waals surface area contributed by atoms with Crippen LogP contribution in [0, 0.1) is 23.7 Å². The van der Waals surface area contributed by atoms with E-state index in [0.717, 1.165) is 58.0 Å². The number of esters is 1. The van der Waals surface area contributed by atoms with Gasteiger partial charge < -0.3 is 9.84 Å². The van der Waals surface area contributed by atoms with Crippen molar-refractivity contribution in [2.75, 3.05) is 26.2 Å². The smallest absolute Gasteiger partial charge is 0.339 e. The van der Waals surface area contributed by atoms with E-state index in [4.69, 9.17) is 4.74 Å². The molecule has 0 amide bonds. The molecular weight excluding hydrogens is 326 g/mol. The second kappa shape index (κ2) is 10.7. The summed E-state index contributed by atoms with van der Waals surface area (Å²) in [7, 11) is 0. The first kappa shape index (κ1) is 21.0. The molecule has 146 valence electrons. The highest BCUT2D eigenvalue weighted by Gasteiger charge is 2.50. The van der Waals surface area contributed by atoms with Crippen molar-refractivity contribution in [1.82, 2.24) is 4.90 Å². The predicted octanol–water partition coefficient (Wildman–Crippen LogP) is 3.54. The van der Waals surface area contributed by atoms with Crippen LogP contribution in [0.25, 0.3) is 0 Å². The number of nitrogens with zero attached hydrogens (tertiary/aromatic N) is 1. The number of rotatable bonds is 7. The Morgan fingerprint density at radius 1 is 1.12 bits per heavy atom. The number of hydrogen-bond donors (Lipinski definition) is 1. The minimum absolute atomic E-state index is 0.0175. The highest BCUT2D eigenvalue weighted by atomic mass is 16.5. The third-order valence-electron chi connectivity index (χ3n) is 6.04. The number of hydrogen-bond acceptors (Lipinski definition) is 4. The Hall–Kier alpha value is -1.31. The summed E-state index contributed by atoms with van der Waals surface area (Å²) < 4.78 is 5.46. The predicted molar refractivity (Wildman–Crippen MR) is 105 cm³/mol. The van der Waals surface area contributed by atoms with Gasteiger partial charge in [0.25, 0.3) is 0 Å². The summed E-state index contributed by atoms with van der Waals surface area (Å²) in [5, 5.41) is 11.5. The summed E-state index contributed by atoms with van der Waals surface area (Å²) in [6, 6.07) is 0. The van der Waals surface area contributed by atoms with E-state index in [-0.39, 0.29) is 18.4 Å². The zero-order chi connectivity index (χ0) is 18.8. The number of allylic oxidation sites excluding steroid dienone is 2. The van der Waals surface area contributed by atoms with E-state index in [2.05, 4.69) is 42.7 Å². The fraction of sp³-hybridized carbons (Fsp3) is 0.773. The van der Waals surface area contributed by atoms with Crippen LogP contribution in [0.2, 0.25) is 0 Å². The molecule has 0 heterocycles. The summed E-state index contributed by atoms with van der Waals surface area (Å²) in [4.78, 5) is 15.1. The van der Waals surface area contributed by atoms with Crippen LogP contribution in [0.3, 0.4) is 0 Å². The molecule has 0 radical (unpaired) electrons. The Labute approximate surface area is 159 Å². The maximum absolute atomic E-state index is 12.9. The van der Waals surface area contributed by atoms with Gasteiger partial charge in [0.1, 0.15) is 0 Å². The van der Waals surface area contributed by atoms with Crippen LogP contribution >= 0.6 is 0 Å². The molecule has 0 aromatic heterocycles. The minimum Gasteiger partial charge on any atom is -0.450 e. The Kier molecular flexibility index (Phi) is 8.68. The van der Waals surface area contributed by atoms with Gasteiger partial charge in [0, 0.05) is 5.92 Å². The largest absolute Gasteiger partial charge is 0.450 e. The lowest BCUT2D eigenvalue weighted by Crippen LogP contribution is -2.53. The molecule has 0 aromatic carbocycles. The van der Waals surface area contributed by atoms with Gasteiger partial charge in [-0.3, -0.25) is 4.90 Å². The van der Waals surface area contributed by atoms with E-state index >= 15 is 0 Å². The van der Waals surface area contributed by atoms with Gasteiger partial charge in [-0.2, -0.15) is 0 Å². The molecule has 0 aromatic rings. The average molecular weight is 362 g/mol. The topological polar surface area (TPSA) is 49.8 Å². The highest BCUT2D eigenvalue weighted by molar-refractivity contribution is 5.80. The van der Waals surface area contributed by atoms with E-state index in [1.54, 1.807) is 0 Å². The van der Waals surface area contributed by atoms with Gasteiger partial charge in [-0.1, -0.05) is 57.1 Å². The van der Waals surface area contributed by atoms with Gasteiger partial charge in [-0.15, -0.1) is 0 Å². The summed E-state index contributed by atoms with van der Waals surface area (Å²) in [5.41, 5.74) is -1.36. The van der Waals surface area contributed by atoms with Crippen molar-refractivity contribution < 1.29 is 14.6 Å².